The number of esters is 2. The molecule has 0 fully saturated rings. The van der Waals surface area contributed by atoms with E-state index in [0.717, 1.165) is 0 Å². The molecule has 3 N–H and O–H groups in total. The lowest BCUT2D eigenvalue weighted by molar-refractivity contribution is -0.139. The van der Waals surface area contributed by atoms with Crippen LogP contribution in [0, 0.1) is 0 Å². The fourth-order valence-corrected chi connectivity index (χ4v) is 2.54. The van der Waals surface area contributed by atoms with Gasteiger partial charge in [-0.3, -0.25) is 4.79 Å². The molecule has 0 bridgehead atoms. The summed E-state index contributed by atoms with van der Waals surface area (Å²) in [5, 5.41) is 7.60. The van der Waals surface area contributed by atoms with Crippen LogP contribution in [0.5, 0.6) is 0 Å². The highest BCUT2D eigenvalue weighted by molar-refractivity contribution is 5.96. The van der Waals surface area contributed by atoms with Crippen molar-refractivity contribution in [2.75, 3.05) is 18.5 Å². The second-order valence-corrected chi connectivity index (χ2v) is 5.77. The largest absolute Gasteiger partial charge is 0.463 e. The standard InChI is InChI=1S/C18H21N3O6/c1-4-26-17(24)15-10(2)19-18(25)21-14(15)9-27-16(23)12-6-5-7-13(8-12)20-11(3)22/h5-8,10H,4,9H2,1-3H3,(H,20,22)(H2,19,21,25)/t10-/m0/s1. The SMILES string of the molecule is CCOC(=O)C1=C(COC(=O)c2cccc(NC(C)=O)c2)NC(=O)N[C@H]1C. The lowest BCUT2D eigenvalue weighted by Crippen LogP contribution is -2.50. The van der Waals surface area contributed by atoms with Crippen molar-refractivity contribution < 1.29 is 28.7 Å². The maximum absolute atomic E-state index is 12.3. The molecule has 3 amide bonds. The van der Waals surface area contributed by atoms with Gasteiger partial charge in [0.1, 0.15) is 6.61 Å². The summed E-state index contributed by atoms with van der Waals surface area (Å²) in [7, 11) is 0. The summed E-state index contributed by atoms with van der Waals surface area (Å²) in [5.74, 6) is -1.54. The van der Waals surface area contributed by atoms with Crippen molar-refractivity contribution in [1.82, 2.24) is 10.6 Å². The van der Waals surface area contributed by atoms with Crippen LogP contribution in [0.2, 0.25) is 0 Å². The molecule has 1 heterocycles. The summed E-state index contributed by atoms with van der Waals surface area (Å²) in [5.41, 5.74) is 1.02. The molecule has 144 valence electrons. The van der Waals surface area contributed by atoms with Gasteiger partial charge in [-0.25, -0.2) is 14.4 Å². The number of amides is 3. The first kappa shape index (κ1) is 20.0. The number of ether oxygens (including phenoxy) is 2. The Morgan fingerprint density at radius 1 is 1.19 bits per heavy atom. The van der Waals surface area contributed by atoms with Gasteiger partial charge in [0, 0.05) is 12.6 Å². The van der Waals surface area contributed by atoms with Crippen molar-refractivity contribution in [2.24, 2.45) is 0 Å². The lowest BCUT2D eigenvalue weighted by atomic mass is 10.0. The molecule has 0 radical (unpaired) electrons. The molecule has 1 aromatic carbocycles. The monoisotopic (exact) mass is 375 g/mol. The summed E-state index contributed by atoms with van der Waals surface area (Å²) in [4.78, 5) is 47.2. The first-order valence-corrected chi connectivity index (χ1v) is 8.34. The van der Waals surface area contributed by atoms with Crippen molar-refractivity contribution >= 4 is 29.6 Å². The van der Waals surface area contributed by atoms with Gasteiger partial charge in [-0.05, 0) is 32.0 Å². The van der Waals surface area contributed by atoms with Gasteiger partial charge in [-0.15, -0.1) is 0 Å². The van der Waals surface area contributed by atoms with E-state index in [1.54, 1.807) is 26.0 Å². The van der Waals surface area contributed by atoms with Crippen molar-refractivity contribution in [3.05, 3.63) is 41.1 Å². The summed E-state index contributed by atoms with van der Waals surface area (Å²) in [6.45, 7) is 4.51. The molecule has 2 rings (SSSR count). The molecular weight excluding hydrogens is 354 g/mol. The number of hydrogen-bond donors (Lipinski definition) is 3. The molecule has 0 saturated heterocycles. The highest BCUT2D eigenvalue weighted by Crippen LogP contribution is 2.16. The number of rotatable bonds is 6. The second kappa shape index (κ2) is 8.84. The van der Waals surface area contributed by atoms with Crippen molar-refractivity contribution in [1.29, 1.82) is 0 Å². The zero-order valence-electron chi connectivity index (χ0n) is 15.3. The molecule has 0 aliphatic carbocycles. The smallest absolute Gasteiger partial charge is 0.338 e. The molecule has 1 atom stereocenters. The molecule has 9 nitrogen and oxygen atoms in total. The number of anilines is 1. The number of urea groups is 1. The van der Waals surface area contributed by atoms with Gasteiger partial charge in [0.15, 0.2) is 0 Å². The van der Waals surface area contributed by atoms with Gasteiger partial charge in [-0.1, -0.05) is 6.07 Å². The van der Waals surface area contributed by atoms with Crippen molar-refractivity contribution in [3.8, 4) is 0 Å². The first-order chi connectivity index (χ1) is 12.8. The van der Waals surface area contributed by atoms with Crippen LogP contribution in [-0.2, 0) is 19.1 Å². The van der Waals surface area contributed by atoms with Crippen LogP contribution in [0.25, 0.3) is 0 Å². The fraction of sp³-hybridized carbons (Fsp3) is 0.333. The zero-order valence-corrected chi connectivity index (χ0v) is 15.3. The third-order valence-electron chi connectivity index (χ3n) is 3.63. The molecule has 0 aromatic heterocycles. The molecule has 1 aliphatic rings. The van der Waals surface area contributed by atoms with Crippen LogP contribution in [0.3, 0.4) is 0 Å². The Labute approximate surface area is 156 Å². The van der Waals surface area contributed by atoms with E-state index >= 15 is 0 Å². The minimum absolute atomic E-state index is 0.163. The van der Waals surface area contributed by atoms with E-state index < -0.39 is 24.0 Å². The van der Waals surface area contributed by atoms with Gasteiger partial charge in [0.25, 0.3) is 0 Å². The summed E-state index contributed by atoms with van der Waals surface area (Å²) >= 11 is 0. The summed E-state index contributed by atoms with van der Waals surface area (Å²) in [6, 6.07) is 5.13. The minimum Gasteiger partial charge on any atom is -0.463 e. The van der Waals surface area contributed by atoms with Crippen LogP contribution in [0.4, 0.5) is 10.5 Å². The Bertz CT molecular complexity index is 802. The van der Waals surface area contributed by atoms with E-state index in [2.05, 4.69) is 16.0 Å². The van der Waals surface area contributed by atoms with E-state index in [9.17, 15) is 19.2 Å². The number of hydrogen-bond acceptors (Lipinski definition) is 6. The Morgan fingerprint density at radius 3 is 2.59 bits per heavy atom. The average molecular weight is 375 g/mol. The third-order valence-corrected chi connectivity index (χ3v) is 3.63. The van der Waals surface area contributed by atoms with Crippen molar-refractivity contribution in [3.63, 3.8) is 0 Å². The molecular formula is C18H21N3O6. The first-order valence-electron chi connectivity index (χ1n) is 8.34. The van der Waals surface area contributed by atoms with Crippen LogP contribution in [0.1, 0.15) is 31.1 Å². The topological polar surface area (TPSA) is 123 Å². The summed E-state index contributed by atoms with van der Waals surface area (Å²) < 4.78 is 10.2. The second-order valence-electron chi connectivity index (χ2n) is 5.77. The maximum atomic E-state index is 12.3. The van der Waals surface area contributed by atoms with Crippen LogP contribution >= 0.6 is 0 Å². The van der Waals surface area contributed by atoms with Crippen LogP contribution in [-0.4, -0.2) is 43.1 Å². The molecule has 1 aromatic rings. The Kier molecular flexibility index (Phi) is 6.53. The van der Waals surface area contributed by atoms with Gasteiger partial charge >= 0.3 is 18.0 Å². The Morgan fingerprint density at radius 2 is 1.93 bits per heavy atom. The minimum atomic E-state index is -0.668. The highest BCUT2D eigenvalue weighted by Gasteiger charge is 2.30. The van der Waals surface area contributed by atoms with E-state index in [-0.39, 0.29) is 36.0 Å². The normalized spacial score (nSPS) is 16.1. The predicted octanol–water partition coefficient (Wildman–Crippen LogP) is 1.32. The lowest BCUT2D eigenvalue weighted by Gasteiger charge is -2.26. The van der Waals surface area contributed by atoms with Crippen LogP contribution in [0.15, 0.2) is 35.5 Å². The summed E-state index contributed by atoms with van der Waals surface area (Å²) in [6.07, 6.45) is 0. The van der Waals surface area contributed by atoms with Gasteiger partial charge < -0.3 is 25.4 Å². The fourth-order valence-electron chi connectivity index (χ4n) is 2.54. The quantitative estimate of drug-likeness (QED) is 0.645. The number of carbonyl (C=O) groups excluding carboxylic acids is 4. The molecule has 9 heteroatoms. The van der Waals surface area contributed by atoms with E-state index in [4.69, 9.17) is 9.47 Å². The molecule has 1 aliphatic heterocycles. The van der Waals surface area contributed by atoms with Gasteiger partial charge in [0.05, 0.1) is 29.5 Å². The average Bonchev–Trinajstić information content (AvgIpc) is 2.58. The highest BCUT2D eigenvalue weighted by atomic mass is 16.5. The predicted molar refractivity (Wildman–Crippen MR) is 95.8 cm³/mol. The zero-order chi connectivity index (χ0) is 20.0. The number of nitrogens with one attached hydrogen (secondary N) is 3. The van der Waals surface area contributed by atoms with Crippen LogP contribution < -0.4 is 16.0 Å². The Hall–Kier alpha value is -3.36. The van der Waals surface area contributed by atoms with Crippen molar-refractivity contribution in [2.45, 2.75) is 26.8 Å². The molecule has 0 unspecified atom stereocenters. The number of benzene rings is 1. The molecule has 0 saturated carbocycles. The molecule has 0 spiro atoms. The van der Waals surface area contributed by atoms with E-state index in [1.165, 1.54) is 19.1 Å². The van der Waals surface area contributed by atoms with E-state index in [1.807, 2.05) is 0 Å². The third kappa shape index (κ3) is 5.30. The Balaban J connectivity index is 2.15. The van der Waals surface area contributed by atoms with Gasteiger partial charge in [-0.2, -0.15) is 0 Å². The van der Waals surface area contributed by atoms with Gasteiger partial charge in [0.2, 0.25) is 5.91 Å². The maximum Gasteiger partial charge on any atom is 0.338 e. The van der Waals surface area contributed by atoms with E-state index in [0.29, 0.717) is 5.69 Å². The molecule has 27 heavy (non-hydrogen) atoms. The number of carbonyl (C=O) groups is 4.